The molecule has 0 unspecified atom stereocenters. The smallest absolute Gasteiger partial charge is 0.140 e. The molecule has 1 aromatic rings. The van der Waals surface area contributed by atoms with Crippen LogP contribution < -0.4 is 5.32 Å². The summed E-state index contributed by atoms with van der Waals surface area (Å²) >= 11 is 0. The van der Waals surface area contributed by atoms with Gasteiger partial charge in [0.05, 0.1) is 6.54 Å². The largest absolute Gasteiger partial charge is 0.309 e. The second-order valence-electron chi connectivity index (χ2n) is 5.87. The molecule has 1 heterocycles. The van der Waals surface area contributed by atoms with Gasteiger partial charge in [-0.3, -0.25) is 0 Å². The summed E-state index contributed by atoms with van der Waals surface area (Å²) in [7, 11) is 0. The maximum absolute atomic E-state index is 4.30. The first-order chi connectivity index (χ1) is 7.94. The minimum absolute atomic E-state index is 0.350. The summed E-state index contributed by atoms with van der Waals surface area (Å²) in [5.41, 5.74) is 0.350. The summed E-state index contributed by atoms with van der Waals surface area (Å²) in [6.07, 6.45) is 2.82. The molecule has 0 saturated carbocycles. The van der Waals surface area contributed by atoms with Gasteiger partial charge in [-0.25, -0.2) is 9.67 Å². The van der Waals surface area contributed by atoms with Gasteiger partial charge in [0.25, 0.3) is 0 Å². The third-order valence-electron chi connectivity index (χ3n) is 3.08. The van der Waals surface area contributed by atoms with E-state index in [1.165, 1.54) is 6.42 Å². The van der Waals surface area contributed by atoms with Gasteiger partial charge < -0.3 is 5.32 Å². The van der Waals surface area contributed by atoms with E-state index in [0.717, 1.165) is 25.5 Å². The van der Waals surface area contributed by atoms with Crippen LogP contribution >= 0.6 is 0 Å². The molecule has 0 fully saturated rings. The molecule has 0 aromatic carbocycles. The van der Waals surface area contributed by atoms with E-state index in [-0.39, 0.29) is 0 Å². The van der Waals surface area contributed by atoms with Crippen molar-refractivity contribution in [3.05, 3.63) is 12.2 Å². The normalized spacial score (nSPS) is 12.4. The molecule has 98 valence electrons. The van der Waals surface area contributed by atoms with Gasteiger partial charge in [-0.2, -0.15) is 5.10 Å². The summed E-state index contributed by atoms with van der Waals surface area (Å²) in [6.45, 7) is 13.9. The zero-order valence-electron chi connectivity index (χ0n) is 11.8. The van der Waals surface area contributed by atoms with Gasteiger partial charge in [0.1, 0.15) is 12.2 Å². The first-order valence-electron chi connectivity index (χ1n) is 6.52. The molecule has 0 radical (unpaired) electrons. The van der Waals surface area contributed by atoms with E-state index in [0.29, 0.717) is 11.3 Å². The Kier molecular flexibility index (Phi) is 5.12. The lowest BCUT2D eigenvalue weighted by molar-refractivity contribution is 0.323. The topological polar surface area (TPSA) is 42.7 Å². The highest BCUT2D eigenvalue weighted by molar-refractivity contribution is 4.85. The predicted molar refractivity (Wildman–Crippen MR) is 70.6 cm³/mol. The molecule has 0 aliphatic rings. The summed E-state index contributed by atoms with van der Waals surface area (Å²) in [6, 6.07) is 0. The van der Waals surface area contributed by atoms with E-state index in [2.05, 4.69) is 50.0 Å². The van der Waals surface area contributed by atoms with Crippen LogP contribution in [0, 0.1) is 11.3 Å². The lowest BCUT2D eigenvalue weighted by atomic mass is 9.90. The molecule has 0 amide bonds. The molecule has 0 bridgehead atoms. The van der Waals surface area contributed by atoms with E-state index in [4.69, 9.17) is 0 Å². The first-order valence-corrected chi connectivity index (χ1v) is 6.52. The molecule has 1 N–H and O–H groups in total. The Balaban J connectivity index is 2.44. The van der Waals surface area contributed by atoms with Gasteiger partial charge in [0.2, 0.25) is 0 Å². The molecular weight excluding hydrogens is 212 g/mol. The van der Waals surface area contributed by atoms with E-state index < -0.39 is 0 Å². The van der Waals surface area contributed by atoms with Crippen molar-refractivity contribution in [1.29, 1.82) is 0 Å². The van der Waals surface area contributed by atoms with Crippen molar-refractivity contribution in [1.82, 2.24) is 20.1 Å². The Bertz CT molecular complexity index is 328. The third-order valence-corrected chi connectivity index (χ3v) is 3.08. The predicted octanol–water partition coefficient (Wildman–Crippen LogP) is 2.46. The Labute approximate surface area is 105 Å². The third kappa shape index (κ3) is 4.86. The molecule has 0 atom stereocenters. The van der Waals surface area contributed by atoms with Crippen molar-refractivity contribution in [3.63, 3.8) is 0 Å². The minimum atomic E-state index is 0.350. The first kappa shape index (κ1) is 14.2. The van der Waals surface area contributed by atoms with Crippen LogP contribution in [-0.2, 0) is 13.1 Å². The van der Waals surface area contributed by atoms with Crippen molar-refractivity contribution < 1.29 is 0 Å². The molecule has 1 rings (SSSR count). The Morgan fingerprint density at radius 3 is 2.71 bits per heavy atom. The maximum Gasteiger partial charge on any atom is 0.140 e. The molecule has 0 aliphatic heterocycles. The van der Waals surface area contributed by atoms with Crippen LogP contribution in [0.1, 0.15) is 46.9 Å². The standard InChI is InChI=1S/C13H26N4/c1-6-13(4,5)9-14-7-12-15-10-16-17(12)8-11(2)3/h10-11,14H,6-9H2,1-5H3. The second kappa shape index (κ2) is 6.15. The van der Waals surface area contributed by atoms with Crippen LogP contribution in [0.5, 0.6) is 0 Å². The van der Waals surface area contributed by atoms with Crippen molar-refractivity contribution in [2.24, 2.45) is 11.3 Å². The van der Waals surface area contributed by atoms with Gasteiger partial charge in [-0.1, -0.05) is 34.6 Å². The van der Waals surface area contributed by atoms with Gasteiger partial charge in [-0.05, 0) is 17.8 Å². The highest BCUT2D eigenvalue weighted by Gasteiger charge is 2.14. The van der Waals surface area contributed by atoms with Crippen molar-refractivity contribution in [2.45, 2.75) is 54.1 Å². The number of nitrogens with one attached hydrogen (secondary N) is 1. The molecule has 0 aliphatic carbocycles. The van der Waals surface area contributed by atoms with Gasteiger partial charge in [-0.15, -0.1) is 0 Å². The van der Waals surface area contributed by atoms with Crippen molar-refractivity contribution in [3.8, 4) is 0 Å². The van der Waals surface area contributed by atoms with Crippen LogP contribution in [0.3, 0.4) is 0 Å². The number of nitrogens with zero attached hydrogens (tertiary/aromatic N) is 3. The summed E-state index contributed by atoms with van der Waals surface area (Å²) in [4.78, 5) is 4.30. The Hall–Kier alpha value is -0.900. The van der Waals surface area contributed by atoms with Crippen molar-refractivity contribution in [2.75, 3.05) is 6.54 Å². The molecule has 4 heteroatoms. The van der Waals surface area contributed by atoms with E-state index >= 15 is 0 Å². The molecule has 17 heavy (non-hydrogen) atoms. The quantitative estimate of drug-likeness (QED) is 0.793. The zero-order valence-corrected chi connectivity index (χ0v) is 11.8. The highest BCUT2D eigenvalue weighted by Crippen LogP contribution is 2.17. The summed E-state index contributed by atoms with van der Waals surface area (Å²) in [5.74, 6) is 1.63. The van der Waals surface area contributed by atoms with Gasteiger partial charge >= 0.3 is 0 Å². The maximum atomic E-state index is 4.30. The fraction of sp³-hybridized carbons (Fsp3) is 0.846. The van der Waals surface area contributed by atoms with E-state index in [9.17, 15) is 0 Å². The molecule has 4 nitrogen and oxygen atoms in total. The Morgan fingerprint density at radius 2 is 2.12 bits per heavy atom. The summed E-state index contributed by atoms with van der Waals surface area (Å²) in [5, 5.41) is 7.73. The number of hydrogen-bond acceptors (Lipinski definition) is 3. The van der Waals surface area contributed by atoms with Crippen LogP contribution in [0.4, 0.5) is 0 Å². The fourth-order valence-electron chi connectivity index (χ4n) is 1.56. The lowest BCUT2D eigenvalue weighted by Gasteiger charge is -2.22. The van der Waals surface area contributed by atoms with Crippen LogP contribution in [-0.4, -0.2) is 21.3 Å². The molecular formula is C13H26N4. The van der Waals surface area contributed by atoms with E-state index in [1.807, 2.05) is 4.68 Å². The minimum Gasteiger partial charge on any atom is -0.309 e. The fourth-order valence-corrected chi connectivity index (χ4v) is 1.56. The number of rotatable bonds is 7. The van der Waals surface area contributed by atoms with Gasteiger partial charge in [0.15, 0.2) is 0 Å². The molecule has 1 aromatic heterocycles. The number of hydrogen-bond donors (Lipinski definition) is 1. The molecule has 0 spiro atoms. The summed E-state index contributed by atoms with van der Waals surface area (Å²) < 4.78 is 2.00. The highest BCUT2D eigenvalue weighted by atomic mass is 15.3. The van der Waals surface area contributed by atoms with E-state index in [1.54, 1.807) is 6.33 Å². The average molecular weight is 238 g/mol. The Morgan fingerprint density at radius 1 is 1.41 bits per heavy atom. The monoisotopic (exact) mass is 238 g/mol. The molecule has 0 saturated heterocycles. The SMILES string of the molecule is CCC(C)(C)CNCc1ncnn1CC(C)C. The zero-order chi connectivity index (χ0) is 12.9. The van der Waals surface area contributed by atoms with Crippen LogP contribution in [0.2, 0.25) is 0 Å². The van der Waals surface area contributed by atoms with Gasteiger partial charge in [0, 0.05) is 13.1 Å². The number of aromatic nitrogens is 3. The second-order valence-corrected chi connectivity index (χ2v) is 5.87. The average Bonchev–Trinajstić information content (AvgIpc) is 2.65. The van der Waals surface area contributed by atoms with Crippen LogP contribution in [0.15, 0.2) is 6.33 Å². The van der Waals surface area contributed by atoms with Crippen LogP contribution in [0.25, 0.3) is 0 Å². The van der Waals surface area contributed by atoms with Crippen molar-refractivity contribution >= 4 is 0 Å². The lowest BCUT2D eigenvalue weighted by Crippen LogP contribution is -2.29.